The predicted octanol–water partition coefficient (Wildman–Crippen LogP) is 2.06. The quantitative estimate of drug-likeness (QED) is 0.648. The van der Waals surface area contributed by atoms with E-state index in [1.807, 2.05) is 30.3 Å². The van der Waals surface area contributed by atoms with Crippen molar-refractivity contribution in [3.63, 3.8) is 0 Å². The molecule has 0 radical (unpaired) electrons. The Bertz CT molecular complexity index is 243. The van der Waals surface area contributed by atoms with Gasteiger partial charge in [0.25, 0.3) is 0 Å². The van der Waals surface area contributed by atoms with Crippen molar-refractivity contribution in [1.82, 2.24) is 0 Å². The lowest BCUT2D eigenvalue weighted by molar-refractivity contribution is -0.118. The summed E-state index contributed by atoms with van der Waals surface area (Å²) in [5.74, 6) is 0.316. The molecule has 0 aliphatic heterocycles. The zero-order chi connectivity index (χ0) is 8.81. The fraction of sp³-hybridized carbons (Fsp3) is 0.300. The number of ketones is 1. The molecule has 1 unspecified atom stereocenters. The first-order chi connectivity index (χ1) is 5.83. The summed E-state index contributed by atoms with van der Waals surface area (Å²) >= 11 is 0. The highest BCUT2D eigenvalue weighted by Gasteiger charge is 2.00. The molecule has 0 saturated heterocycles. The molecule has 0 saturated carbocycles. The second kappa shape index (κ2) is 5.05. The number of Topliss-reactive ketones (excluding diaryl/α,β-unsaturated/α-hetero) is 1. The van der Waals surface area contributed by atoms with Crippen molar-refractivity contribution in [1.29, 1.82) is 0 Å². The summed E-state index contributed by atoms with van der Waals surface area (Å²) in [6.45, 7) is 0. The minimum Gasteiger partial charge on any atom is -0.299 e. The molecule has 0 aliphatic carbocycles. The maximum atomic E-state index is 11.2. The van der Waals surface area contributed by atoms with Crippen molar-refractivity contribution in [2.45, 2.75) is 12.8 Å². The van der Waals surface area contributed by atoms with E-state index in [0.29, 0.717) is 18.6 Å². The topological polar surface area (TPSA) is 17.1 Å². The Balaban J connectivity index is 2.47. The lowest BCUT2D eigenvalue weighted by Gasteiger charge is -1.98. The molecule has 0 heterocycles. The van der Waals surface area contributed by atoms with Crippen LogP contribution < -0.4 is 0 Å². The molecule has 12 heavy (non-hydrogen) atoms. The molecule has 1 aromatic carbocycles. The van der Waals surface area contributed by atoms with E-state index in [1.54, 1.807) is 0 Å². The highest BCUT2D eigenvalue weighted by atomic mass is 31.0. The average molecular weight is 180 g/mol. The van der Waals surface area contributed by atoms with Crippen LogP contribution in [0.1, 0.15) is 12.0 Å². The summed E-state index contributed by atoms with van der Waals surface area (Å²) in [7, 11) is 2.57. The molecule has 0 aliphatic rings. The molecular weight excluding hydrogens is 167 g/mol. The van der Waals surface area contributed by atoms with Crippen LogP contribution in [0.3, 0.4) is 0 Å². The second-order valence-electron chi connectivity index (χ2n) is 2.74. The molecule has 0 N–H and O–H groups in total. The van der Waals surface area contributed by atoms with E-state index in [4.69, 9.17) is 0 Å². The van der Waals surface area contributed by atoms with Gasteiger partial charge < -0.3 is 0 Å². The minimum absolute atomic E-state index is 0.316. The maximum Gasteiger partial charge on any atom is 0.137 e. The Labute approximate surface area is 75.4 Å². The Morgan fingerprint density at radius 2 is 1.92 bits per heavy atom. The minimum atomic E-state index is 0.316. The summed E-state index contributed by atoms with van der Waals surface area (Å²) in [6, 6.07) is 9.86. The molecule has 0 aromatic heterocycles. The van der Waals surface area contributed by atoms with E-state index >= 15 is 0 Å². The lowest BCUT2D eigenvalue weighted by Crippen LogP contribution is -2.02. The van der Waals surface area contributed by atoms with Gasteiger partial charge in [-0.3, -0.25) is 4.79 Å². The number of carbonyl (C=O) groups excluding carboxylic acids is 1. The largest absolute Gasteiger partial charge is 0.299 e. The zero-order valence-corrected chi connectivity index (χ0v) is 8.15. The maximum absolute atomic E-state index is 11.2. The van der Waals surface area contributed by atoms with Gasteiger partial charge in [0.05, 0.1) is 0 Å². The first-order valence-electron chi connectivity index (χ1n) is 4.08. The van der Waals surface area contributed by atoms with Crippen LogP contribution in [-0.2, 0) is 11.2 Å². The summed E-state index contributed by atoms with van der Waals surface area (Å²) in [5, 5.41) is 0. The molecule has 64 valence electrons. The number of rotatable bonds is 4. The highest BCUT2D eigenvalue weighted by Crippen LogP contribution is 2.02. The molecule has 0 spiro atoms. The van der Waals surface area contributed by atoms with Crippen LogP contribution in [0.15, 0.2) is 30.3 Å². The van der Waals surface area contributed by atoms with Crippen molar-refractivity contribution >= 4 is 15.0 Å². The number of carbonyl (C=O) groups is 1. The van der Waals surface area contributed by atoms with Crippen molar-refractivity contribution < 1.29 is 4.79 Å². The van der Waals surface area contributed by atoms with Crippen LogP contribution in [0.5, 0.6) is 0 Å². The van der Waals surface area contributed by atoms with E-state index in [9.17, 15) is 4.79 Å². The van der Waals surface area contributed by atoms with E-state index in [0.717, 1.165) is 11.7 Å². The van der Waals surface area contributed by atoms with Crippen LogP contribution in [0.2, 0.25) is 0 Å². The molecule has 0 bridgehead atoms. The highest BCUT2D eigenvalue weighted by molar-refractivity contribution is 7.16. The van der Waals surface area contributed by atoms with Gasteiger partial charge in [-0.2, -0.15) is 0 Å². The molecule has 1 atom stereocenters. The summed E-state index contributed by atoms with van der Waals surface area (Å²) < 4.78 is 0. The van der Waals surface area contributed by atoms with Crippen LogP contribution in [0, 0.1) is 0 Å². The molecule has 2 heteroatoms. The van der Waals surface area contributed by atoms with Gasteiger partial charge in [0.1, 0.15) is 5.78 Å². The smallest absolute Gasteiger partial charge is 0.137 e. The summed E-state index contributed by atoms with van der Waals surface area (Å²) in [5.41, 5.74) is 1.11. The summed E-state index contributed by atoms with van der Waals surface area (Å²) in [4.78, 5) is 11.2. The Morgan fingerprint density at radius 1 is 1.25 bits per heavy atom. The first-order valence-corrected chi connectivity index (χ1v) is 4.90. The fourth-order valence-electron chi connectivity index (χ4n) is 1.07. The van der Waals surface area contributed by atoms with Gasteiger partial charge in [-0.15, -0.1) is 9.24 Å². The van der Waals surface area contributed by atoms with Crippen LogP contribution in [0.4, 0.5) is 0 Å². The van der Waals surface area contributed by atoms with Gasteiger partial charge in [-0.05, 0) is 11.7 Å². The molecule has 1 aromatic rings. The number of hydrogen-bond acceptors (Lipinski definition) is 1. The van der Waals surface area contributed by atoms with Crippen molar-refractivity contribution in [2.75, 3.05) is 6.16 Å². The van der Waals surface area contributed by atoms with Crippen LogP contribution in [0.25, 0.3) is 0 Å². The zero-order valence-electron chi connectivity index (χ0n) is 6.99. The fourth-order valence-corrected chi connectivity index (χ4v) is 1.39. The van der Waals surface area contributed by atoms with Gasteiger partial charge in [-0.25, -0.2) is 0 Å². The Hall–Kier alpha value is -0.680. The molecule has 0 fully saturated rings. The molecular formula is C10H13OP. The lowest BCUT2D eigenvalue weighted by atomic mass is 10.1. The van der Waals surface area contributed by atoms with Gasteiger partial charge in [-0.1, -0.05) is 30.3 Å². The SMILES string of the molecule is O=C(CCP)Cc1ccccc1. The molecule has 1 rings (SSSR count). The Kier molecular flexibility index (Phi) is 3.96. The van der Waals surface area contributed by atoms with Gasteiger partial charge >= 0.3 is 0 Å². The van der Waals surface area contributed by atoms with E-state index in [2.05, 4.69) is 9.24 Å². The third-order valence-corrected chi connectivity index (χ3v) is 1.96. The van der Waals surface area contributed by atoms with E-state index in [-0.39, 0.29) is 0 Å². The first kappa shape index (κ1) is 9.41. The third kappa shape index (κ3) is 3.15. The number of benzene rings is 1. The van der Waals surface area contributed by atoms with Crippen LogP contribution in [-0.4, -0.2) is 11.9 Å². The third-order valence-electron chi connectivity index (χ3n) is 1.67. The predicted molar refractivity (Wildman–Crippen MR) is 54.3 cm³/mol. The van der Waals surface area contributed by atoms with Gasteiger partial charge in [0.2, 0.25) is 0 Å². The normalized spacial score (nSPS) is 9.75. The summed E-state index contributed by atoms with van der Waals surface area (Å²) in [6.07, 6.45) is 2.11. The second-order valence-corrected chi connectivity index (χ2v) is 3.32. The standard InChI is InChI=1S/C10H13OP/c11-10(6-7-12)8-9-4-2-1-3-5-9/h1-5H,6-8,12H2. The molecule has 0 amide bonds. The van der Waals surface area contributed by atoms with E-state index < -0.39 is 0 Å². The van der Waals surface area contributed by atoms with Crippen molar-refractivity contribution in [3.05, 3.63) is 35.9 Å². The van der Waals surface area contributed by atoms with Crippen LogP contribution >= 0.6 is 9.24 Å². The van der Waals surface area contributed by atoms with Gasteiger partial charge in [0.15, 0.2) is 0 Å². The molecule has 1 nitrogen and oxygen atoms in total. The monoisotopic (exact) mass is 180 g/mol. The van der Waals surface area contributed by atoms with Gasteiger partial charge in [0, 0.05) is 12.8 Å². The van der Waals surface area contributed by atoms with Crippen molar-refractivity contribution in [3.8, 4) is 0 Å². The number of hydrogen-bond donors (Lipinski definition) is 0. The average Bonchev–Trinajstić information content (AvgIpc) is 2.06. The van der Waals surface area contributed by atoms with Crippen molar-refractivity contribution in [2.24, 2.45) is 0 Å². The Morgan fingerprint density at radius 3 is 2.50 bits per heavy atom. The van der Waals surface area contributed by atoms with E-state index in [1.165, 1.54) is 0 Å².